The Bertz CT molecular complexity index is 893. The second-order valence-corrected chi connectivity index (χ2v) is 7.13. The van der Waals surface area contributed by atoms with Crippen LogP contribution in [0.1, 0.15) is 36.8 Å². The van der Waals surface area contributed by atoms with Crippen LogP contribution in [0.2, 0.25) is 0 Å². The van der Waals surface area contributed by atoms with Gasteiger partial charge in [-0.15, -0.1) is 0 Å². The average molecular weight is 347 g/mol. The number of carbonyl (C=O) groups is 1. The highest BCUT2D eigenvalue weighted by Gasteiger charge is 2.22. The molecule has 0 atom stereocenters. The van der Waals surface area contributed by atoms with Crippen LogP contribution in [0.5, 0.6) is 0 Å². The monoisotopic (exact) mass is 347 g/mol. The van der Waals surface area contributed by atoms with Gasteiger partial charge in [0.1, 0.15) is 0 Å². The molecule has 1 aliphatic carbocycles. The van der Waals surface area contributed by atoms with Crippen molar-refractivity contribution in [3.63, 3.8) is 0 Å². The van der Waals surface area contributed by atoms with Crippen molar-refractivity contribution in [2.45, 2.75) is 38.8 Å². The molecule has 1 heterocycles. The molecule has 0 saturated heterocycles. The van der Waals surface area contributed by atoms with E-state index < -0.39 is 0 Å². The van der Waals surface area contributed by atoms with E-state index >= 15 is 0 Å². The maximum absolute atomic E-state index is 12.3. The molecule has 0 spiro atoms. The van der Waals surface area contributed by atoms with Crippen LogP contribution in [-0.2, 0) is 17.9 Å². The number of hydrogen-bond donors (Lipinski definition) is 3. The molecule has 4 nitrogen and oxygen atoms in total. The molecule has 134 valence electrons. The van der Waals surface area contributed by atoms with Gasteiger partial charge in [-0.25, -0.2) is 0 Å². The molecule has 1 aromatic heterocycles. The molecule has 26 heavy (non-hydrogen) atoms. The summed E-state index contributed by atoms with van der Waals surface area (Å²) >= 11 is 0. The second-order valence-electron chi connectivity index (χ2n) is 7.13. The van der Waals surface area contributed by atoms with Crippen LogP contribution in [0.3, 0.4) is 0 Å². The Balaban J connectivity index is 1.35. The van der Waals surface area contributed by atoms with E-state index in [0.717, 1.165) is 31.6 Å². The fourth-order valence-corrected chi connectivity index (χ4v) is 3.84. The van der Waals surface area contributed by atoms with Crippen molar-refractivity contribution in [1.29, 1.82) is 0 Å². The third-order valence-electron chi connectivity index (χ3n) is 5.25. The van der Waals surface area contributed by atoms with E-state index in [0.29, 0.717) is 0 Å². The molecular weight excluding hydrogens is 322 g/mol. The number of anilines is 1. The zero-order chi connectivity index (χ0) is 17.8. The highest BCUT2D eigenvalue weighted by molar-refractivity contribution is 5.92. The molecule has 1 saturated carbocycles. The third-order valence-corrected chi connectivity index (χ3v) is 5.25. The molecule has 1 aliphatic rings. The predicted molar refractivity (Wildman–Crippen MR) is 106 cm³/mol. The zero-order valence-corrected chi connectivity index (χ0v) is 14.9. The van der Waals surface area contributed by atoms with Gasteiger partial charge in [-0.3, -0.25) is 4.79 Å². The molecular formula is C22H25N3O. The average Bonchev–Trinajstić information content (AvgIpc) is 3.34. The second kappa shape index (κ2) is 7.75. The van der Waals surface area contributed by atoms with Gasteiger partial charge in [-0.05, 0) is 48.2 Å². The van der Waals surface area contributed by atoms with Crippen molar-refractivity contribution < 1.29 is 4.79 Å². The minimum Gasteiger partial charge on any atom is -0.361 e. The normalized spacial score (nSPS) is 14.8. The summed E-state index contributed by atoms with van der Waals surface area (Å²) in [4.78, 5) is 15.5. The van der Waals surface area contributed by atoms with Crippen molar-refractivity contribution in [2.24, 2.45) is 5.92 Å². The quantitative estimate of drug-likeness (QED) is 0.611. The summed E-state index contributed by atoms with van der Waals surface area (Å²) < 4.78 is 0. The van der Waals surface area contributed by atoms with Crippen molar-refractivity contribution in [3.05, 3.63) is 65.9 Å². The maximum Gasteiger partial charge on any atom is 0.227 e. The molecule has 1 amide bonds. The number of H-pyrrole nitrogens is 1. The fourth-order valence-electron chi connectivity index (χ4n) is 3.84. The van der Waals surface area contributed by atoms with Crippen molar-refractivity contribution in [3.8, 4) is 0 Å². The fraction of sp³-hybridized carbons (Fsp3) is 0.318. The predicted octanol–water partition coefficient (Wildman–Crippen LogP) is 4.59. The van der Waals surface area contributed by atoms with Crippen molar-refractivity contribution in [1.82, 2.24) is 10.3 Å². The largest absolute Gasteiger partial charge is 0.361 e. The Morgan fingerprint density at radius 1 is 1.04 bits per heavy atom. The van der Waals surface area contributed by atoms with E-state index in [2.05, 4.69) is 52.0 Å². The Hall–Kier alpha value is -2.59. The molecule has 3 aromatic rings. The molecule has 3 N–H and O–H groups in total. The van der Waals surface area contributed by atoms with E-state index in [1.807, 2.05) is 18.3 Å². The molecule has 0 radical (unpaired) electrons. The third kappa shape index (κ3) is 3.81. The lowest BCUT2D eigenvalue weighted by Crippen LogP contribution is -2.20. The summed E-state index contributed by atoms with van der Waals surface area (Å²) in [6, 6.07) is 16.6. The maximum atomic E-state index is 12.3. The van der Waals surface area contributed by atoms with Crippen LogP contribution in [0.15, 0.2) is 54.7 Å². The van der Waals surface area contributed by atoms with Crippen LogP contribution in [0.4, 0.5) is 5.69 Å². The number of fused-ring (bicyclic) bond motifs is 1. The number of amides is 1. The molecule has 2 aromatic carbocycles. The number of carbonyl (C=O) groups excluding carboxylic acids is 1. The number of aromatic nitrogens is 1. The Morgan fingerprint density at radius 3 is 2.77 bits per heavy atom. The van der Waals surface area contributed by atoms with Gasteiger partial charge in [0.2, 0.25) is 5.91 Å². The molecule has 0 unspecified atom stereocenters. The number of aromatic amines is 1. The van der Waals surface area contributed by atoms with Gasteiger partial charge in [-0.1, -0.05) is 37.1 Å². The topological polar surface area (TPSA) is 56.9 Å². The van der Waals surface area contributed by atoms with E-state index in [4.69, 9.17) is 0 Å². The molecule has 0 aliphatic heterocycles. The Labute approximate surface area is 154 Å². The zero-order valence-electron chi connectivity index (χ0n) is 14.9. The summed E-state index contributed by atoms with van der Waals surface area (Å²) in [5, 5.41) is 7.85. The molecule has 4 heteroatoms. The minimum absolute atomic E-state index is 0.173. The first-order chi connectivity index (χ1) is 12.8. The van der Waals surface area contributed by atoms with Gasteiger partial charge in [0.25, 0.3) is 0 Å². The summed E-state index contributed by atoms with van der Waals surface area (Å²) in [5.74, 6) is 0.366. The molecule has 0 bridgehead atoms. The van der Waals surface area contributed by atoms with Gasteiger partial charge in [0, 0.05) is 41.8 Å². The summed E-state index contributed by atoms with van der Waals surface area (Å²) in [5.41, 5.74) is 4.53. The van der Waals surface area contributed by atoms with E-state index in [1.54, 1.807) is 0 Å². The first-order valence-electron chi connectivity index (χ1n) is 9.45. The first kappa shape index (κ1) is 16.9. The summed E-state index contributed by atoms with van der Waals surface area (Å²) in [6.07, 6.45) is 6.38. The lowest BCUT2D eigenvalue weighted by Gasteiger charge is -2.12. The highest BCUT2D eigenvalue weighted by Crippen LogP contribution is 2.26. The summed E-state index contributed by atoms with van der Waals surface area (Å²) in [6.45, 7) is 1.59. The Morgan fingerprint density at radius 2 is 1.88 bits per heavy atom. The minimum atomic E-state index is 0.173. The van der Waals surface area contributed by atoms with Crippen LogP contribution >= 0.6 is 0 Å². The smallest absolute Gasteiger partial charge is 0.227 e. The lowest BCUT2D eigenvalue weighted by molar-refractivity contribution is -0.119. The first-order valence-corrected chi connectivity index (χ1v) is 9.45. The number of nitrogens with one attached hydrogen (secondary N) is 3. The summed E-state index contributed by atoms with van der Waals surface area (Å²) in [7, 11) is 0. The van der Waals surface area contributed by atoms with Crippen LogP contribution < -0.4 is 10.6 Å². The van der Waals surface area contributed by atoms with E-state index in [-0.39, 0.29) is 11.8 Å². The van der Waals surface area contributed by atoms with Crippen molar-refractivity contribution in [2.75, 3.05) is 5.32 Å². The number of rotatable bonds is 6. The van der Waals surface area contributed by atoms with Crippen LogP contribution in [0.25, 0.3) is 10.9 Å². The van der Waals surface area contributed by atoms with Crippen molar-refractivity contribution >= 4 is 22.5 Å². The van der Waals surface area contributed by atoms with E-state index in [1.165, 1.54) is 34.9 Å². The van der Waals surface area contributed by atoms with Crippen LogP contribution in [0, 0.1) is 5.92 Å². The highest BCUT2D eigenvalue weighted by atomic mass is 16.1. The van der Waals surface area contributed by atoms with Gasteiger partial charge in [0.15, 0.2) is 0 Å². The van der Waals surface area contributed by atoms with Gasteiger partial charge in [-0.2, -0.15) is 0 Å². The molecule has 1 fully saturated rings. The number of benzene rings is 2. The number of hydrogen-bond acceptors (Lipinski definition) is 2. The SMILES string of the molecule is O=C(Nc1cccc(CNCc2cccc3[nH]ccc23)c1)C1CCCC1. The molecule has 4 rings (SSSR count). The standard InChI is InChI=1S/C22H25N3O/c26-22(17-6-1-2-7-17)25-19-9-3-5-16(13-19)14-23-15-18-8-4-10-21-20(18)11-12-24-21/h3-5,8-13,17,23-24H,1-2,6-7,14-15H2,(H,25,26). The van der Waals surface area contributed by atoms with Gasteiger partial charge >= 0.3 is 0 Å². The lowest BCUT2D eigenvalue weighted by atomic mass is 10.1. The van der Waals surface area contributed by atoms with Gasteiger partial charge in [0.05, 0.1) is 0 Å². The van der Waals surface area contributed by atoms with Crippen LogP contribution in [-0.4, -0.2) is 10.9 Å². The Kier molecular flexibility index (Phi) is 5.02. The van der Waals surface area contributed by atoms with Gasteiger partial charge < -0.3 is 15.6 Å². The van der Waals surface area contributed by atoms with E-state index in [9.17, 15) is 4.79 Å².